The lowest BCUT2D eigenvalue weighted by Gasteiger charge is -2.26. The van der Waals surface area contributed by atoms with E-state index in [2.05, 4.69) is 5.32 Å². The number of nitrogens with one attached hydrogen (secondary N) is 1. The molecule has 0 aromatic heterocycles. The Balaban J connectivity index is 1.91. The fraction of sp³-hybridized carbons (Fsp3) is 0.278. The topological polar surface area (TPSA) is 75.7 Å². The van der Waals surface area contributed by atoms with Crippen LogP contribution in [0.4, 0.5) is 14.5 Å². The highest BCUT2D eigenvalue weighted by molar-refractivity contribution is 7.89. The number of amides is 1. The molecule has 1 amide bonds. The molecule has 1 saturated heterocycles. The zero-order chi connectivity index (χ0) is 19.6. The highest BCUT2D eigenvalue weighted by Gasteiger charge is 2.28. The fourth-order valence-electron chi connectivity index (χ4n) is 2.70. The van der Waals surface area contributed by atoms with Crippen LogP contribution in [0.1, 0.15) is 15.9 Å². The van der Waals surface area contributed by atoms with Crippen molar-refractivity contribution in [3.63, 3.8) is 0 Å². The molecule has 0 spiro atoms. The quantitative estimate of drug-likeness (QED) is 0.862. The van der Waals surface area contributed by atoms with Crippen LogP contribution in [0.2, 0.25) is 0 Å². The zero-order valence-electron chi connectivity index (χ0n) is 14.5. The summed E-state index contributed by atoms with van der Waals surface area (Å²) in [5.74, 6) is -2.51. The van der Waals surface area contributed by atoms with Gasteiger partial charge >= 0.3 is 0 Å². The molecule has 0 bridgehead atoms. The number of rotatable bonds is 4. The third kappa shape index (κ3) is 4.15. The number of sulfonamides is 1. The monoisotopic (exact) mass is 396 g/mol. The van der Waals surface area contributed by atoms with Gasteiger partial charge in [-0.2, -0.15) is 4.31 Å². The number of anilines is 1. The van der Waals surface area contributed by atoms with Gasteiger partial charge in [0.05, 0.1) is 29.4 Å². The fourth-order valence-corrected chi connectivity index (χ4v) is 4.13. The van der Waals surface area contributed by atoms with Crippen molar-refractivity contribution in [3.8, 4) is 0 Å². The van der Waals surface area contributed by atoms with E-state index in [1.54, 1.807) is 6.92 Å². The van der Waals surface area contributed by atoms with Crippen LogP contribution in [0, 0.1) is 18.6 Å². The number of nitrogens with zero attached hydrogens (tertiary/aromatic N) is 1. The van der Waals surface area contributed by atoms with Gasteiger partial charge in [-0.25, -0.2) is 17.2 Å². The Kier molecular flexibility index (Phi) is 5.54. The van der Waals surface area contributed by atoms with Crippen LogP contribution in [0.25, 0.3) is 0 Å². The number of benzene rings is 2. The van der Waals surface area contributed by atoms with E-state index in [9.17, 15) is 22.0 Å². The summed E-state index contributed by atoms with van der Waals surface area (Å²) in [5.41, 5.74) is 0.113. The minimum Gasteiger partial charge on any atom is -0.379 e. The summed E-state index contributed by atoms with van der Waals surface area (Å²) >= 11 is 0. The highest BCUT2D eigenvalue weighted by Crippen LogP contribution is 2.22. The number of hydrogen-bond donors (Lipinski definition) is 1. The summed E-state index contributed by atoms with van der Waals surface area (Å²) in [6.45, 7) is 2.59. The first-order valence-corrected chi connectivity index (χ1v) is 9.68. The SMILES string of the molecule is Cc1ccc(F)c(NC(=O)c2cc(S(=O)(=O)N3CCOCC3)ccc2F)c1. The maximum atomic E-state index is 14.1. The summed E-state index contributed by atoms with van der Waals surface area (Å²) in [7, 11) is -3.89. The van der Waals surface area contributed by atoms with E-state index in [1.807, 2.05) is 0 Å². The Labute approximate surface area is 155 Å². The van der Waals surface area contributed by atoms with Gasteiger partial charge < -0.3 is 10.1 Å². The van der Waals surface area contributed by atoms with Gasteiger partial charge in [-0.3, -0.25) is 4.79 Å². The summed E-state index contributed by atoms with van der Waals surface area (Å²) in [6.07, 6.45) is 0. The molecule has 27 heavy (non-hydrogen) atoms. The Morgan fingerprint density at radius 1 is 1.07 bits per heavy atom. The van der Waals surface area contributed by atoms with Crippen LogP contribution in [0.5, 0.6) is 0 Å². The maximum absolute atomic E-state index is 14.1. The molecule has 9 heteroatoms. The summed E-state index contributed by atoms with van der Waals surface area (Å²) in [4.78, 5) is 12.2. The molecule has 1 aliphatic heterocycles. The molecule has 1 heterocycles. The number of carbonyl (C=O) groups excluding carboxylic acids is 1. The highest BCUT2D eigenvalue weighted by atomic mass is 32.2. The Hall–Kier alpha value is -2.36. The molecule has 0 saturated carbocycles. The number of hydrogen-bond acceptors (Lipinski definition) is 4. The average molecular weight is 396 g/mol. The van der Waals surface area contributed by atoms with Gasteiger partial charge in [-0.15, -0.1) is 0 Å². The van der Waals surface area contributed by atoms with Crippen LogP contribution >= 0.6 is 0 Å². The molecule has 0 unspecified atom stereocenters. The second-order valence-corrected chi connectivity index (χ2v) is 8.03. The molecule has 0 aliphatic carbocycles. The smallest absolute Gasteiger partial charge is 0.258 e. The molecule has 144 valence electrons. The number of carbonyl (C=O) groups is 1. The van der Waals surface area contributed by atoms with Gasteiger partial charge in [0.15, 0.2) is 0 Å². The van der Waals surface area contributed by atoms with E-state index in [0.717, 1.165) is 18.2 Å². The van der Waals surface area contributed by atoms with Crippen molar-refractivity contribution in [2.75, 3.05) is 31.6 Å². The lowest BCUT2D eigenvalue weighted by Crippen LogP contribution is -2.40. The molecule has 1 N–H and O–H groups in total. The predicted molar refractivity (Wildman–Crippen MR) is 95.1 cm³/mol. The lowest BCUT2D eigenvalue weighted by atomic mass is 10.1. The van der Waals surface area contributed by atoms with E-state index in [0.29, 0.717) is 5.56 Å². The van der Waals surface area contributed by atoms with Crippen LogP contribution in [-0.4, -0.2) is 44.9 Å². The molecular weight excluding hydrogens is 378 g/mol. The summed E-state index contributed by atoms with van der Waals surface area (Å²) in [6, 6.07) is 7.09. The molecule has 1 fully saturated rings. The molecule has 0 radical (unpaired) electrons. The third-order valence-electron chi connectivity index (χ3n) is 4.16. The summed E-state index contributed by atoms with van der Waals surface area (Å²) in [5, 5.41) is 2.28. The summed E-state index contributed by atoms with van der Waals surface area (Å²) < 4.78 is 59.7. The predicted octanol–water partition coefficient (Wildman–Crippen LogP) is 2.55. The van der Waals surface area contributed by atoms with Gasteiger partial charge in [0.2, 0.25) is 10.0 Å². The van der Waals surface area contributed by atoms with Gasteiger partial charge in [0.1, 0.15) is 11.6 Å². The van der Waals surface area contributed by atoms with Crippen molar-refractivity contribution in [2.45, 2.75) is 11.8 Å². The van der Waals surface area contributed by atoms with Gasteiger partial charge in [0.25, 0.3) is 5.91 Å². The van der Waals surface area contributed by atoms with Crippen LogP contribution in [-0.2, 0) is 14.8 Å². The van der Waals surface area contributed by atoms with Gasteiger partial charge in [-0.1, -0.05) is 6.07 Å². The van der Waals surface area contributed by atoms with Crippen molar-refractivity contribution in [2.24, 2.45) is 0 Å². The molecule has 3 rings (SSSR count). The largest absolute Gasteiger partial charge is 0.379 e. The van der Waals surface area contributed by atoms with Crippen molar-refractivity contribution in [1.82, 2.24) is 4.31 Å². The standard InChI is InChI=1S/C18H18F2N2O4S/c1-12-2-4-16(20)17(10-12)21-18(23)14-11-13(3-5-15(14)19)27(24,25)22-6-8-26-9-7-22/h2-5,10-11H,6-9H2,1H3,(H,21,23). The maximum Gasteiger partial charge on any atom is 0.258 e. The van der Waals surface area contributed by atoms with Crippen molar-refractivity contribution < 1.29 is 26.7 Å². The van der Waals surface area contributed by atoms with Crippen LogP contribution < -0.4 is 5.32 Å². The second-order valence-electron chi connectivity index (χ2n) is 6.10. The van der Waals surface area contributed by atoms with Gasteiger partial charge in [0, 0.05) is 13.1 Å². The normalized spacial score (nSPS) is 15.5. The second kappa shape index (κ2) is 7.71. The first-order chi connectivity index (χ1) is 12.8. The first kappa shape index (κ1) is 19.4. The number of halogens is 2. The number of morpholine rings is 1. The molecule has 1 aliphatic rings. The van der Waals surface area contributed by atoms with E-state index < -0.39 is 33.1 Å². The molecule has 2 aromatic rings. The zero-order valence-corrected chi connectivity index (χ0v) is 15.4. The average Bonchev–Trinajstić information content (AvgIpc) is 2.65. The van der Waals surface area contributed by atoms with Crippen molar-refractivity contribution in [1.29, 1.82) is 0 Å². The van der Waals surface area contributed by atoms with Crippen LogP contribution in [0.3, 0.4) is 0 Å². The van der Waals surface area contributed by atoms with Crippen molar-refractivity contribution >= 4 is 21.6 Å². The van der Waals surface area contributed by atoms with E-state index in [-0.39, 0.29) is 36.9 Å². The Morgan fingerprint density at radius 2 is 1.74 bits per heavy atom. The van der Waals surface area contributed by atoms with E-state index in [4.69, 9.17) is 4.74 Å². The Bertz CT molecular complexity index is 973. The first-order valence-electron chi connectivity index (χ1n) is 8.24. The molecule has 0 atom stereocenters. The third-order valence-corrected chi connectivity index (χ3v) is 6.05. The minimum atomic E-state index is -3.89. The molecule has 6 nitrogen and oxygen atoms in total. The van der Waals surface area contributed by atoms with Crippen molar-refractivity contribution in [3.05, 3.63) is 59.2 Å². The Morgan fingerprint density at radius 3 is 2.44 bits per heavy atom. The molecular formula is C18H18F2N2O4S. The number of ether oxygens (including phenoxy) is 1. The van der Waals surface area contributed by atoms with Gasteiger partial charge in [-0.05, 0) is 42.8 Å². The number of aryl methyl sites for hydroxylation is 1. The van der Waals surface area contributed by atoms with E-state index in [1.165, 1.54) is 22.5 Å². The minimum absolute atomic E-state index is 0.110. The molecule has 2 aromatic carbocycles. The van der Waals surface area contributed by atoms with Crippen LogP contribution in [0.15, 0.2) is 41.3 Å². The van der Waals surface area contributed by atoms with E-state index >= 15 is 0 Å². The lowest BCUT2D eigenvalue weighted by molar-refractivity contribution is 0.0730.